The van der Waals surface area contributed by atoms with Crippen molar-refractivity contribution in [1.82, 2.24) is 0 Å². The minimum Gasteiger partial charge on any atom is -0.492 e. The van der Waals surface area contributed by atoms with Crippen LogP contribution in [0.5, 0.6) is 0 Å². The van der Waals surface area contributed by atoms with E-state index < -0.39 is 0 Å². The molecule has 2 heteroatoms. The van der Waals surface area contributed by atoms with Gasteiger partial charge >= 0.3 is 0 Å². The quantitative estimate of drug-likeness (QED) is 0.822. The van der Waals surface area contributed by atoms with Crippen molar-refractivity contribution in [3.63, 3.8) is 0 Å². The average Bonchev–Trinajstić information content (AvgIpc) is 3.11. The second-order valence-electron chi connectivity index (χ2n) is 6.56. The van der Waals surface area contributed by atoms with E-state index in [-0.39, 0.29) is 12.2 Å². The van der Waals surface area contributed by atoms with E-state index >= 15 is 0 Å². The number of hydrogen-bond acceptors (Lipinski definition) is 2. The van der Waals surface area contributed by atoms with E-state index in [4.69, 9.17) is 4.74 Å². The topological polar surface area (TPSA) is 29.5 Å². The van der Waals surface area contributed by atoms with Gasteiger partial charge in [-0.2, -0.15) is 0 Å². The van der Waals surface area contributed by atoms with Crippen LogP contribution in [0.2, 0.25) is 0 Å². The first-order valence-electron chi connectivity index (χ1n) is 7.18. The fourth-order valence-electron chi connectivity index (χ4n) is 2.66. The zero-order valence-corrected chi connectivity index (χ0v) is 12.1. The van der Waals surface area contributed by atoms with Gasteiger partial charge in [0.1, 0.15) is 11.4 Å². The first kappa shape index (κ1) is 13.7. The Morgan fingerprint density at radius 3 is 2.44 bits per heavy atom. The molecule has 1 N–H and O–H groups in total. The number of rotatable bonds is 4. The van der Waals surface area contributed by atoms with Crippen LogP contribution >= 0.6 is 0 Å². The summed E-state index contributed by atoms with van der Waals surface area (Å²) < 4.78 is 6.11. The SMILES string of the molecule is CCC1CC(C2CC2)=CC(CO)=C1OC(C)(C)C. The zero-order valence-electron chi connectivity index (χ0n) is 12.1. The second-order valence-corrected chi connectivity index (χ2v) is 6.56. The standard InChI is InChI=1S/C16H26O2/c1-5-11-8-13(12-6-7-12)9-14(10-17)15(11)18-16(2,3)4/h9,11-12,17H,5-8,10H2,1-4H3. The highest BCUT2D eigenvalue weighted by molar-refractivity contribution is 5.36. The lowest BCUT2D eigenvalue weighted by molar-refractivity contribution is 0.0288. The molecule has 2 nitrogen and oxygen atoms in total. The Labute approximate surface area is 111 Å². The van der Waals surface area contributed by atoms with Gasteiger partial charge in [-0.25, -0.2) is 0 Å². The number of allylic oxidation sites excluding steroid dienone is 2. The first-order chi connectivity index (χ1) is 8.44. The summed E-state index contributed by atoms with van der Waals surface area (Å²) in [5.41, 5.74) is 2.35. The molecule has 0 heterocycles. The van der Waals surface area contributed by atoms with Gasteiger partial charge in [0.05, 0.1) is 6.61 Å². The van der Waals surface area contributed by atoms with Crippen molar-refractivity contribution in [2.24, 2.45) is 11.8 Å². The van der Waals surface area contributed by atoms with Gasteiger partial charge in [0.25, 0.3) is 0 Å². The van der Waals surface area contributed by atoms with E-state index in [1.807, 2.05) is 0 Å². The van der Waals surface area contributed by atoms with Crippen LogP contribution in [0.4, 0.5) is 0 Å². The molecule has 0 bridgehead atoms. The molecule has 2 aliphatic rings. The van der Waals surface area contributed by atoms with Crippen LogP contribution in [-0.4, -0.2) is 17.3 Å². The minimum absolute atomic E-state index is 0.0954. The summed E-state index contributed by atoms with van der Waals surface area (Å²) in [7, 11) is 0. The summed E-state index contributed by atoms with van der Waals surface area (Å²) in [5.74, 6) is 2.26. The van der Waals surface area contributed by atoms with Crippen molar-refractivity contribution in [2.75, 3.05) is 6.61 Å². The van der Waals surface area contributed by atoms with Gasteiger partial charge in [-0.3, -0.25) is 0 Å². The fraction of sp³-hybridized carbons (Fsp3) is 0.750. The molecule has 0 aliphatic heterocycles. The third-order valence-corrected chi connectivity index (χ3v) is 3.71. The number of aliphatic hydroxyl groups is 1. The Morgan fingerprint density at radius 2 is 2.00 bits per heavy atom. The number of ether oxygens (including phenoxy) is 1. The average molecular weight is 250 g/mol. The summed E-state index contributed by atoms with van der Waals surface area (Å²) in [6.45, 7) is 8.52. The molecular weight excluding hydrogens is 224 g/mol. The van der Waals surface area contributed by atoms with Crippen LogP contribution in [0.1, 0.15) is 53.4 Å². The number of aliphatic hydroxyl groups excluding tert-OH is 1. The summed E-state index contributed by atoms with van der Waals surface area (Å²) in [4.78, 5) is 0. The van der Waals surface area contributed by atoms with E-state index in [0.29, 0.717) is 5.92 Å². The number of hydrogen-bond donors (Lipinski definition) is 1. The monoisotopic (exact) mass is 250 g/mol. The lowest BCUT2D eigenvalue weighted by atomic mass is 9.84. The third kappa shape index (κ3) is 3.17. The van der Waals surface area contributed by atoms with Gasteiger partial charge in [0.15, 0.2) is 0 Å². The Kier molecular flexibility index (Phi) is 3.86. The highest BCUT2D eigenvalue weighted by Gasteiger charge is 2.33. The Morgan fingerprint density at radius 1 is 1.33 bits per heavy atom. The maximum atomic E-state index is 9.61. The maximum Gasteiger partial charge on any atom is 0.106 e. The van der Waals surface area contributed by atoms with Gasteiger partial charge in [-0.15, -0.1) is 0 Å². The van der Waals surface area contributed by atoms with Gasteiger partial charge in [-0.05, 0) is 52.4 Å². The van der Waals surface area contributed by atoms with E-state index in [0.717, 1.165) is 30.1 Å². The Balaban J connectivity index is 2.28. The van der Waals surface area contributed by atoms with Crippen LogP contribution in [0.15, 0.2) is 23.0 Å². The van der Waals surface area contributed by atoms with Gasteiger partial charge in [0.2, 0.25) is 0 Å². The third-order valence-electron chi connectivity index (χ3n) is 3.71. The molecule has 102 valence electrons. The summed E-state index contributed by atoms with van der Waals surface area (Å²) in [5, 5.41) is 9.61. The fourth-order valence-corrected chi connectivity index (χ4v) is 2.66. The largest absolute Gasteiger partial charge is 0.492 e. The van der Waals surface area contributed by atoms with Crippen LogP contribution in [-0.2, 0) is 4.74 Å². The molecule has 1 atom stereocenters. The zero-order chi connectivity index (χ0) is 13.3. The molecule has 1 unspecified atom stereocenters. The summed E-state index contributed by atoms with van der Waals surface area (Å²) in [6.07, 6.45) is 7.06. The molecule has 1 saturated carbocycles. The molecule has 0 saturated heterocycles. The van der Waals surface area contributed by atoms with E-state index in [1.165, 1.54) is 18.4 Å². The molecule has 2 aliphatic carbocycles. The smallest absolute Gasteiger partial charge is 0.106 e. The molecule has 0 radical (unpaired) electrons. The minimum atomic E-state index is -0.186. The second kappa shape index (κ2) is 5.08. The predicted octanol–water partition coefficient (Wildman–Crippen LogP) is 3.81. The van der Waals surface area contributed by atoms with Crippen molar-refractivity contribution in [3.05, 3.63) is 23.0 Å². The molecule has 18 heavy (non-hydrogen) atoms. The van der Waals surface area contributed by atoms with Crippen LogP contribution in [0, 0.1) is 11.8 Å². The molecule has 0 amide bonds. The summed E-state index contributed by atoms with van der Waals surface area (Å²) in [6, 6.07) is 0. The molecule has 0 aromatic carbocycles. The highest BCUT2D eigenvalue weighted by Crippen LogP contribution is 2.45. The molecule has 1 fully saturated rings. The van der Waals surface area contributed by atoms with Crippen molar-refractivity contribution in [2.45, 2.75) is 59.0 Å². The molecule has 2 rings (SSSR count). The van der Waals surface area contributed by atoms with Gasteiger partial charge in [0, 0.05) is 11.5 Å². The van der Waals surface area contributed by atoms with Gasteiger partial charge in [-0.1, -0.05) is 18.6 Å². The normalized spacial score (nSPS) is 25.2. The van der Waals surface area contributed by atoms with E-state index in [2.05, 4.69) is 33.8 Å². The molecule has 0 aromatic rings. The van der Waals surface area contributed by atoms with Crippen molar-refractivity contribution >= 4 is 0 Å². The van der Waals surface area contributed by atoms with Gasteiger partial charge < -0.3 is 9.84 Å². The van der Waals surface area contributed by atoms with E-state index in [1.54, 1.807) is 0 Å². The first-order valence-corrected chi connectivity index (χ1v) is 7.18. The van der Waals surface area contributed by atoms with Crippen LogP contribution < -0.4 is 0 Å². The van der Waals surface area contributed by atoms with Crippen molar-refractivity contribution in [1.29, 1.82) is 0 Å². The Bertz CT molecular complexity index is 367. The highest BCUT2D eigenvalue weighted by atomic mass is 16.5. The summed E-state index contributed by atoms with van der Waals surface area (Å²) >= 11 is 0. The predicted molar refractivity (Wildman–Crippen MR) is 74.2 cm³/mol. The molecule has 0 aromatic heterocycles. The lowest BCUT2D eigenvalue weighted by Gasteiger charge is -2.33. The maximum absolute atomic E-state index is 9.61. The Hall–Kier alpha value is -0.760. The van der Waals surface area contributed by atoms with Crippen molar-refractivity contribution in [3.8, 4) is 0 Å². The van der Waals surface area contributed by atoms with Crippen LogP contribution in [0.25, 0.3) is 0 Å². The van der Waals surface area contributed by atoms with E-state index in [9.17, 15) is 5.11 Å². The van der Waals surface area contributed by atoms with Crippen LogP contribution in [0.3, 0.4) is 0 Å². The molecule has 0 spiro atoms. The lowest BCUT2D eigenvalue weighted by Crippen LogP contribution is -2.25. The molecular formula is C16H26O2. The van der Waals surface area contributed by atoms with Crippen molar-refractivity contribution < 1.29 is 9.84 Å².